The minimum Gasteiger partial charge on any atom is -0.494 e. The lowest BCUT2D eigenvalue weighted by atomic mass is 10.1. The number of aryl methyl sites for hydroxylation is 1. The Hall–Kier alpha value is -1.81. The summed E-state index contributed by atoms with van der Waals surface area (Å²) in [6.07, 6.45) is 0.864. The first-order chi connectivity index (χ1) is 7.80. The molecule has 0 saturated carbocycles. The fourth-order valence-corrected chi connectivity index (χ4v) is 1.74. The zero-order valence-electron chi connectivity index (χ0n) is 9.45. The van der Waals surface area contributed by atoms with E-state index >= 15 is 0 Å². The number of pyridine rings is 1. The van der Waals surface area contributed by atoms with Gasteiger partial charge in [-0.1, -0.05) is 19.1 Å². The number of methoxy groups -OCH3 is 1. The zero-order valence-corrected chi connectivity index (χ0v) is 9.45. The van der Waals surface area contributed by atoms with Gasteiger partial charge in [0.05, 0.1) is 12.8 Å². The number of nitrogen functional groups attached to an aromatic ring is 1. The number of hydrogen-bond donors (Lipinski definition) is 2. The van der Waals surface area contributed by atoms with Gasteiger partial charge in [0.25, 0.3) is 0 Å². The van der Waals surface area contributed by atoms with Crippen LogP contribution in [-0.4, -0.2) is 12.1 Å². The highest BCUT2D eigenvalue weighted by Crippen LogP contribution is 2.29. The molecule has 0 atom stereocenters. The molecule has 2 aromatic rings. The van der Waals surface area contributed by atoms with Crippen molar-refractivity contribution in [2.75, 3.05) is 12.5 Å². The molecule has 1 aromatic heterocycles. The lowest BCUT2D eigenvalue weighted by Gasteiger charge is -2.10. The number of aromatic nitrogens is 1. The monoisotopic (exact) mass is 217 g/mol. The van der Waals surface area contributed by atoms with Gasteiger partial charge in [-0.3, -0.25) is 5.84 Å². The van der Waals surface area contributed by atoms with E-state index in [1.165, 1.54) is 0 Å². The number of anilines is 1. The summed E-state index contributed by atoms with van der Waals surface area (Å²) in [5.41, 5.74) is 5.41. The molecule has 3 N–H and O–H groups in total. The fraction of sp³-hybridized carbons (Fsp3) is 0.250. The lowest BCUT2D eigenvalue weighted by Crippen LogP contribution is -2.08. The minimum absolute atomic E-state index is 0.768. The van der Waals surface area contributed by atoms with Gasteiger partial charge >= 0.3 is 0 Å². The van der Waals surface area contributed by atoms with Gasteiger partial charge in [0.1, 0.15) is 11.3 Å². The van der Waals surface area contributed by atoms with Gasteiger partial charge in [-0.05, 0) is 18.6 Å². The summed E-state index contributed by atoms with van der Waals surface area (Å²) < 4.78 is 5.30. The summed E-state index contributed by atoms with van der Waals surface area (Å²) in [6.45, 7) is 2.06. The standard InChI is InChI=1S/C12H15N3O/c1-3-8-7-10(15-13)9-5-4-6-11(16-2)12(9)14-8/h4-7H,3,13H2,1-2H3,(H,14,15). The molecule has 4 heteroatoms. The molecule has 2 rings (SSSR count). The number of para-hydroxylation sites is 1. The van der Waals surface area contributed by atoms with Crippen LogP contribution in [0.5, 0.6) is 5.75 Å². The normalized spacial score (nSPS) is 10.4. The molecular weight excluding hydrogens is 202 g/mol. The van der Waals surface area contributed by atoms with Crippen LogP contribution in [0.25, 0.3) is 10.9 Å². The van der Waals surface area contributed by atoms with Gasteiger partial charge in [0.2, 0.25) is 0 Å². The van der Waals surface area contributed by atoms with Gasteiger partial charge in [-0.25, -0.2) is 4.98 Å². The maximum Gasteiger partial charge on any atom is 0.145 e. The highest BCUT2D eigenvalue weighted by molar-refractivity contribution is 5.94. The molecule has 0 aliphatic rings. The molecule has 0 fully saturated rings. The van der Waals surface area contributed by atoms with Gasteiger partial charge in [-0.15, -0.1) is 0 Å². The molecule has 0 aliphatic heterocycles. The largest absolute Gasteiger partial charge is 0.494 e. The lowest BCUT2D eigenvalue weighted by molar-refractivity contribution is 0.419. The number of hydrazine groups is 1. The Morgan fingerprint density at radius 3 is 2.88 bits per heavy atom. The van der Waals surface area contributed by atoms with Crippen LogP contribution >= 0.6 is 0 Å². The van der Waals surface area contributed by atoms with E-state index in [2.05, 4.69) is 17.3 Å². The number of hydrogen-bond acceptors (Lipinski definition) is 4. The minimum atomic E-state index is 0.768. The maximum atomic E-state index is 5.51. The van der Waals surface area contributed by atoms with Crippen molar-refractivity contribution >= 4 is 16.6 Å². The van der Waals surface area contributed by atoms with Crippen molar-refractivity contribution in [3.05, 3.63) is 30.0 Å². The van der Waals surface area contributed by atoms with Crippen LogP contribution in [0.2, 0.25) is 0 Å². The van der Waals surface area contributed by atoms with Crippen molar-refractivity contribution in [1.82, 2.24) is 4.98 Å². The average Bonchev–Trinajstić information content (AvgIpc) is 2.36. The van der Waals surface area contributed by atoms with Crippen molar-refractivity contribution in [3.8, 4) is 5.75 Å². The fourth-order valence-electron chi connectivity index (χ4n) is 1.74. The first-order valence-electron chi connectivity index (χ1n) is 5.23. The highest BCUT2D eigenvalue weighted by Gasteiger charge is 2.08. The highest BCUT2D eigenvalue weighted by atomic mass is 16.5. The molecular formula is C12H15N3O. The number of rotatable bonds is 3. The molecule has 1 aromatic carbocycles. The number of nitrogens with two attached hydrogens (primary N) is 1. The Bertz CT molecular complexity index is 511. The maximum absolute atomic E-state index is 5.51. The Morgan fingerprint density at radius 1 is 1.44 bits per heavy atom. The van der Waals surface area contributed by atoms with E-state index in [4.69, 9.17) is 10.6 Å². The third-order valence-electron chi connectivity index (χ3n) is 2.59. The smallest absolute Gasteiger partial charge is 0.145 e. The van der Waals surface area contributed by atoms with Gasteiger partial charge in [0.15, 0.2) is 0 Å². The molecule has 0 bridgehead atoms. The Morgan fingerprint density at radius 2 is 2.25 bits per heavy atom. The van der Waals surface area contributed by atoms with E-state index in [0.717, 1.165) is 34.5 Å². The molecule has 16 heavy (non-hydrogen) atoms. The van der Waals surface area contributed by atoms with E-state index in [-0.39, 0.29) is 0 Å². The van der Waals surface area contributed by atoms with Crippen LogP contribution in [0.1, 0.15) is 12.6 Å². The molecule has 0 radical (unpaired) electrons. The molecule has 0 saturated heterocycles. The molecule has 0 aliphatic carbocycles. The third kappa shape index (κ3) is 1.67. The molecule has 0 unspecified atom stereocenters. The van der Waals surface area contributed by atoms with Crippen molar-refractivity contribution < 1.29 is 4.74 Å². The number of nitrogens with one attached hydrogen (secondary N) is 1. The first-order valence-corrected chi connectivity index (χ1v) is 5.23. The topological polar surface area (TPSA) is 60.2 Å². The molecule has 84 valence electrons. The van der Waals surface area contributed by atoms with Crippen LogP contribution in [0.15, 0.2) is 24.3 Å². The van der Waals surface area contributed by atoms with Crippen molar-refractivity contribution in [1.29, 1.82) is 0 Å². The van der Waals surface area contributed by atoms with Crippen LogP contribution < -0.4 is 16.0 Å². The molecule has 4 nitrogen and oxygen atoms in total. The van der Waals surface area contributed by atoms with Crippen LogP contribution in [0.4, 0.5) is 5.69 Å². The molecule has 1 heterocycles. The molecule has 0 amide bonds. The summed E-state index contributed by atoms with van der Waals surface area (Å²) in [5.74, 6) is 6.28. The summed E-state index contributed by atoms with van der Waals surface area (Å²) in [6, 6.07) is 7.76. The number of ether oxygens (including phenoxy) is 1. The zero-order chi connectivity index (χ0) is 11.5. The van der Waals surface area contributed by atoms with E-state index in [1.807, 2.05) is 24.3 Å². The van der Waals surface area contributed by atoms with Crippen molar-refractivity contribution in [3.63, 3.8) is 0 Å². The summed E-state index contributed by atoms with van der Waals surface area (Å²) in [7, 11) is 1.64. The predicted octanol–water partition coefficient (Wildman–Crippen LogP) is 2.09. The average molecular weight is 217 g/mol. The van der Waals surface area contributed by atoms with Crippen LogP contribution in [0, 0.1) is 0 Å². The van der Waals surface area contributed by atoms with E-state index in [0.29, 0.717) is 0 Å². The Labute approximate surface area is 94.4 Å². The quantitative estimate of drug-likeness (QED) is 0.610. The van der Waals surface area contributed by atoms with Crippen LogP contribution in [-0.2, 0) is 6.42 Å². The van der Waals surface area contributed by atoms with E-state index in [9.17, 15) is 0 Å². The van der Waals surface area contributed by atoms with Crippen LogP contribution in [0.3, 0.4) is 0 Å². The summed E-state index contributed by atoms with van der Waals surface area (Å²) >= 11 is 0. The SMILES string of the molecule is CCc1cc(NN)c2cccc(OC)c2n1. The first kappa shape index (κ1) is 10.7. The number of fused-ring (bicyclic) bond motifs is 1. The second kappa shape index (κ2) is 4.37. The van der Waals surface area contributed by atoms with Gasteiger partial charge < -0.3 is 10.2 Å². The Balaban J connectivity index is 2.78. The number of nitrogens with zero attached hydrogens (tertiary/aromatic N) is 1. The van der Waals surface area contributed by atoms with Gasteiger partial charge in [-0.2, -0.15) is 0 Å². The summed E-state index contributed by atoms with van der Waals surface area (Å²) in [4.78, 5) is 4.55. The second-order valence-electron chi connectivity index (χ2n) is 3.52. The molecule has 0 spiro atoms. The van der Waals surface area contributed by atoms with Crippen molar-refractivity contribution in [2.24, 2.45) is 5.84 Å². The summed E-state index contributed by atoms with van der Waals surface area (Å²) in [5, 5.41) is 0.971. The third-order valence-corrected chi connectivity index (χ3v) is 2.59. The van der Waals surface area contributed by atoms with Gasteiger partial charge in [0, 0.05) is 11.1 Å². The van der Waals surface area contributed by atoms with E-state index in [1.54, 1.807) is 7.11 Å². The number of benzene rings is 1. The predicted molar refractivity (Wildman–Crippen MR) is 65.5 cm³/mol. The second-order valence-corrected chi connectivity index (χ2v) is 3.52. The van der Waals surface area contributed by atoms with Crippen molar-refractivity contribution in [2.45, 2.75) is 13.3 Å². The van der Waals surface area contributed by atoms with E-state index < -0.39 is 0 Å². The Kier molecular flexibility index (Phi) is 2.92.